The number of aryl methyl sites for hydroxylation is 1. The summed E-state index contributed by atoms with van der Waals surface area (Å²) in [6.07, 6.45) is 1.01. The fourth-order valence-electron chi connectivity index (χ4n) is 3.68. The van der Waals surface area contributed by atoms with Crippen LogP contribution in [0, 0.1) is 12.3 Å². The summed E-state index contributed by atoms with van der Waals surface area (Å²) < 4.78 is 10.6. The van der Waals surface area contributed by atoms with Gasteiger partial charge in [-0.1, -0.05) is 43.7 Å². The molecular formula is C20H23NO4. The number of Topliss-reactive ketones (excluding diaryl/α,β-unsaturated/α-hetero) is 1. The Kier molecular flexibility index (Phi) is 4.19. The third kappa shape index (κ3) is 3.06. The molecule has 0 radical (unpaired) electrons. The molecule has 5 heteroatoms. The number of carbonyl (C=O) groups excluding carboxylic acids is 2. The number of hydrogen-bond donors (Lipinski definition) is 1. The molecule has 0 amide bonds. The summed E-state index contributed by atoms with van der Waals surface area (Å²) in [5.74, 6) is -0.555. The minimum atomic E-state index is -0.576. The van der Waals surface area contributed by atoms with Crippen LogP contribution in [-0.4, -0.2) is 18.9 Å². The van der Waals surface area contributed by atoms with Crippen LogP contribution in [0.15, 0.2) is 47.1 Å². The smallest absolute Gasteiger partial charge is 0.340 e. The van der Waals surface area contributed by atoms with Crippen LogP contribution in [0.5, 0.6) is 0 Å². The number of rotatable bonds is 2. The van der Waals surface area contributed by atoms with Crippen molar-refractivity contribution >= 4 is 11.8 Å². The van der Waals surface area contributed by atoms with Gasteiger partial charge in [-0.3, -0.25) is 4.79 Å². The third-order valence-electron chi connectivity index (χ3n) is 4.74. The van der Waals surface area contributed by atoms with Crippen LogP contribution in [0.4, 0.5) is 0 Å². The molecule has 0 aromatic heterocycles. The fraction of sp³-hybridized carbons (Fsp3) is 0.400. The highest BCUT2D eigenvalue weighted by Gasteiger charge is 2.44. The van der Waals surface area contributed by atoms with Crippen LogP contribution in [0.25, 0.3) is 0 Å². The number of esters is 1. The summed E-state index contributed by atoms with van der Waals surface area (Å²) in [7, 11) is 1.30. The SMILES string of the molecule is COC(=O)C1=C(N)OC2=C(C(=O)CC(C)(C)C2)C1c1cccc(C)c1. The van der Waals surface area contributed by atoms with Gasteiger partial charge in [-0.2, -0.15) is 0 Å². The van der Waals surface area contributed by atoms with Crippen LogP contribution in [-0.2, 0) is 19.1 Å². The lowest BCUT2D eigenvalue weighted by atomic mass is 9.70. The molecule has 1 aliphatic carbocycles. The van der Waals surface area contributed by atoms with Gasteiger partial charge in [0.1, 0.15) is 11.3 Å². The lowest BCUT2D eigenvalue weighted by molar-refractivity contribution is -0.136. The Morgan fingerprint density at radius 2 is 2.04 bits per heavy atom. The largest absolute Gasteiger partial charge is 0.465 e. The van der Waals surface area contributed by atoms with Crippen molar-refractivity contribution in [2.24, 2.45) is 11.1 Å². The first-order valence-electron chi connectivity index (χ1n) is 8.32. The topological polar surface area (TPSA) is 78.6 Å². The van der Waals surface area contributed by atoms with E-state index in [1.165, 1.54) is 7.11 Å². The van der Waals surface area contributed by atoms with E-state index in [0.717, 1.165) is 11.1 Å². The van der Waals surface area contributed by atoms with E-state index in [4.69, 9.17) is 15.2 Å². The predicted octanol–water partition coefficient (Wildman–Crippen LogP) is 3.10. The van der Waals surface area contributed by atoms with Crippen LogP contribution in [0.3, 0.4) is 0 Å². The molecule has 1 aromatic rings. The number of allylic oxidation sites excluding steroid dienone is 2. The fourth-order valence-corrected chi connectivity index (χ4v) is 3.68. The number of ketones is 1. The van der Waals surface area contributed by atoms with Gasteiger partial charge in [0, 0.05) is 18.4 Å². The van der Waals surface area contributed by atoms with Gasteiger partial charge in [-0.15, -0.1) is 0 Å². The second kappa shape index (κ2) is 6.06. The Morgan fingerprint density at radius 3 is 2.68 bits per heavy atom. The van der Waals surface area contributed by atoms with E-state index in [1.807, 2.05) is 45.0 Å². The molecule has 0 fully saturated rings. The van der Waals surface area contributed by atoms with Gasteiger partial charge in [-0.25, -0.2) is 4.79 Å². The van der Waals surface area contributed by atoms with Crippen LogP contribution in [0.1, 0.15) is 43.7 Å². The van der Waals surface area contributed by atoms with E-state index >= 15 is 0 Å². The maximum atomic E-state index is 12.9. The molecule has 2 N–H and O–H groups in total. The quantitative estimate of drug-likeness (QED) is 0.836. The minimum absolute atomic E-state index is 0.00772. The van der Waals surface area contributed by atoms with Crippen LogP contribution < -0.4 is 5.73 Å². The van der Waals surface area contributed by atoms with Crippen molar-refractivity contribution < 1.29 is 19.1 Å². The molecule has 1 aliphatic heterocycles. The second-order valence-electron chi connectivity index (χ2n) is 7.50. The molecule has 0 spiro atoms. The first-order chi connectivity index (χ1) is 11.7. The molecule has 1 heterocycles. The first-order valence-corrected chi connectivity index (χ1v) is 8.32. The normalized spacial score (nSPS) is 22.4. The highest BCUT2D eigenvalue weighted by Crippen LogP contribution is 2.48. The summed E-state index contributed by atoms with van der Waals surface area (Å²) >= 11 is 0. The highest BCUT2D eigenvalue weighted by molar-refractivity contribution is 6.03. The van der Waals surface area contributed by atoms with Gasteiger partial charge < -0.3 is 15.2 Å². The van der Waals surface area contributed by atoms with Crippen molar-refractivity contribution in [3.05, 3.63) is 58.2 Å². The second-order valence-corrected chi connectivity index (χ2v) is 7.50. The summed E-state index contributed by atoms with van der Waals surface area (Å²) in [5, 5.41) is 0. The van der Waals surface area contributed by atoms with Gasteiger partial charge >= 0.3 is 5.97 Å². The Hall–Kier alpha value is -2.56. The summed E-state index contributed by atoms with van der Waals surface area (Å²) in [6, 6.07) is 7.73. The van der Waals surface area contributed by atoms with Crippen molar-refractivity contribution in [1.82, 2.24) is 0 Å². The average molecular weight is 341 g/mol. The molecule has 0 bridgehead atoms. The molecule has 1 unspecified atom stereocenters. The Balaban J connectivity index is 2.21. The van der Waals surface area contributed by atoms with Crippen LogP contribution in [0.2, 0.25) is 0 Å². The van der Waals surface area contributed by atoms with Crippen molar-refractivity contribution in [3.8, 4) is 0 Å². The predicted molar refractivity (Wildman–Crippen MR) is 93.3 cm³/mol. The summed E-state index contributed by atoms with van der Waals surface area (Å²) in [4.78, 5) is 25.3. The maximum absolute atomic E-state index is 12.9. The van der Waals surface area contributed by atoms with Gasteiger partial charge in [0.2, 0.25) is 5.88 Å². The molecule has 2 aliphatic rings. The van der Waals surface area contributed by atoms with E-state index in [9.17, 15) is 9.59 Å². The van der Waals surface area contributed by atoms with Crippen molar-refractivity contribution in [2.75, 3.05) is 7.11 Å². The minimum Gasteiger partial charge on any atom is -0.465 e. The molecule has 5 nitrogen and oxygen atoms in total. The Bertz CT molecular complexity index is 817. The molecule has 25 heavy (non-hydrogen) atoms. The zero-order valence-electron chi connectivity index (χ0n) is 15.0. The zero-order valence-corrected chi connectivity index (χ0v) is 15.0. The Morgan fingerprint density at radius 1 is 1.32 bits per heavy atom. The Labute approximate surface area is 147 Å². The summed E-state index contributed by atoms with van der Waals surface area (Å²) in [6.45, 7) is 6.01. The summed E-state index contributed by atoms with van der Waals surface area (Å²) in [5.41, 5.74) is 8.48. The van der Waals surface area contributed by atoms with Crippen molar-refractivity contribution in [1.29, 1.82) is 0 Å². The van der Waals surface area contributed by atoms with E-state index in [0.29, 0.717) is 24.2 Å². The zero-order chi connectivity index (χ0) is 18.4. The van der Waals surface area contributed by atoms with Gasteiger partial charge in [-0.05, 0) is 17.9 Å². The molecule has 3 rings (SSSR count). The number of hydrogen-bond acceptors (Lipinski definition) is 5. The van der Waals surface area contributed by atoms with Gasteiger partial charge in [0.25, 0.3) is 0 Å². The maximum Gasteiger partial charge on any atom is 0.340 e. The molecule has 0 saturated carbocycles. The number of carbonyl (C=O) groups is 2. The van der Waals surface area contributed by atoms with Gasteiger partial charge in [0.15, 0.2) is 5.78 Å². The number of nitrogens with two attached hydrogens (primary N) is 1. The van der Waals surface area contributed by atoms with E-state index in [2.05, 4.69) is 0 Å². The molecular weight excluding hydrogens is 318 g/mol. The standard InChI is InChI=1S/C20H23NO4/c1-11-6-5-7-12(8-11)15-16-13(22)9-20(2,3)10-14(16)25-18(21)17(15)19(23)24-4/h5-8,15H,9-10,21H2,1-4H3. The van der Waals surface area contributed by atoms with E-state index in [1.54, 1.807) is 0 Å². The van der Waals surface area contributed by atoms with E-state index < -0.39 is 11.9 Å². The van der Waals surface area contributed by atoms with Crippen molar-refractivity contribution in [2.45, 2.75) is 39.5 Å². The first kappa shape index (κ1) is 17.3. The van der Waals surface area contributed by atoms with E-state index in [-0.39, 0.29) is 22.7 Å². The molecule has 1 aromatic carbocycles. The number of ether oxygens (including phenoxy) is 2. The average Bonchev–Trinajstić information content (AvgIpc) is 2.51. The number of benzene rings is 1. The van der Waals surface area contributed by atoms with Crippen LogP contribution >= 0.6 is 0 Å². The molecule has 132 valence electrons. The molecule has 1 atom stereocenters. The van der Waals surface area contributed by atoms with Crippen molar-refractivity contribution in [3.63, 3.8) is 0 Å². The molecule has 0 saturated heterocycles. The number of methoxy groups -OCH3 is 1. The lowest BCUT2D eigenvalue weighted by Gasteiger charge is -2.37. The lowest BCUT2D eigenvalue weighted by Crippen LogP contribution is -2.35. The third-order valence-corrected chi connectivity index (χ3v) is 4.74. The monoisotopic (exact) mass is 341 g/mol. The van der Waals surface area contributed by atoms with Gasteiger partial charge in [0.05, 0.1) is 13.0 Å². The highest BCUT2D eigenvalue weighted by atomic mass is 16.5.